The van der Waals surface area contributed by atoms with Crippen molar-refractivity contribution in [2.75, 3.05) is 19.6 Å². The van der Waals surface area contributed by atoms with Crippen LogP contribution in [0.15, 0.2) is 24.3 Å². The first-order valence-electron chi connectivity index (χ1n) is 10.8. The van der Waals surface area contributed by atoms with E-state index in [0.29, 0.717) is 17.9 Å². The minimum Gasteiger partial charge on any atom is -0.370 e. The van der Waals surface area contributed by atoms with Gasteiger partial charge in [0.2, 0.25) is 5.91 Å². The van der Waals surface area contributed by atoms with Crippen molar-refractivity contribution in [1.82, 2.24) is 4.90 Å². The van der Waals surface area contributed by atoms with Gasteiger partial charge in [0.1, 0.15) is 5.82 Å². The normalized spacial score (nSPS) is 24.2. The van der Waals surface area contributed by atoms with Crippen LogP contribution in [0.2, 0.25) is 0 Å². The maximum atomic E-state index is 13.0. The van der Waals surface area contributed by atoms with Crippen LogP contribution in [0.25, 0.3) is 0 Å². The lowest BCUT2D eigenvalue weighted by Gasteiger charge is -2.34. The highest BCUT2D eigenvalue weighted by Crippen LogP contribution is 2.33. The molecule has 0 spiro atoms. The molecule has 1 aromatic rings. The van der Waals surface area contributed by atoms with Gasteiger partial charge in [-0.3, -0.25) is 9.59 Å². The fourth-order valence-corrected chi connectivity index (χ4v) is 4.79. The van der Waals surface area contributed by atoms with Crippen LogP contribution >= 0.6 is 0 Å². The van der Waals surface area contributed by atoms with Gasteiger partial charge in [-0.25, -0.2) is 4.39 Å². The summed E-state index contributed by atoms with van der Waals surface area (Å²) in [6.07, 6.45) is 9.51. The number of nitrogens with zero attached hydrogens (tertiary/aromatic N) is 1. The number of amides is 1. The zero-order chi connectivity index (χ0) is 19.9. The number of piperidine rings is 1. The summed E-state index contributed by atoms with van der Waals surface area (Å²) in [5.41, 5.74) is 5.89. The van der Waals surface area contributed by atoms with E-state index in [2.05, 4.69) is 4.90 Å². The molecule has 0 radical (unpaired) electrons. The van der Waals surface area contributed by atoms with Crippen molar-refractivity contribution in [3.63, 3.8) is 0 Å². The predicted octanol–water partition coefficient (Wildman–Crippen LogP) is 4.18. The molecule has 5 heteroatoms. The number of nitrogens with two attached hydrogens (primary N) is 1. The minimum atomic E-state index is -0.298. The number of carbonyl (C=O) groups excluding carboxylic acids is 2. The van der Waals surface area contributed by atoms with Crippen LogP contribution in [0.4, 0.5) is 4.39 Å². The molecule has 0 aromatic heterocycles. The van der Waals surface area contributed by atoms with Gasteiger partial charge in [-0.2, -0.15) is 0 Å². The number of hydrogen-bond donors (Lipinski definition) is 1. The zero-order valence-corrected chi connectivity index (χ0v) is 16.7. The number of rotatable bonds is 8. The fourth-order valence-electron chi connectivity index (χ4n) is 4.79. The quantitative estimate of drug-likeness (QED) is 0.680. The number of likely N-dealkylation sites (tertiary alicyclic amines) is 1. The van der Waals surface area contributed by atoms with E-state index in [0.717, 1.165) is 44.8 Å². The van der Waals surface area contributed by atoms with Gasteiger partial charge in [-0.15, -0.1) is 0 Å². The average Bonchev–Trinajstić information content (AvgIpc) is 2.72. The molecule has 154 valence electrons. The Morgan fingerprint density at radius 1 is 0.929 bits per heavy atom. The highest BCUT2D eigenvalue weighted by molar-refractivity contribution is 5.97. The van der Waals surface area contributed by atoms with E-state index < -0.39 is 0 Å². The summed E-state index contributed by atoms with van der Waals surface area (Å²) in [6, 6.07) is 5.93. The van der Waals surface area contributed by atoms with Crippen LogP contribution < -0.4 is 5.73 Å². The lowest BCUT2D eigenvalue weighted by Crippen LogP contribution is -2.37. The van der Waals surface area contributed by atoms with Crippen LogP contribution in [0.3, 0.4) is 0 Å². The van der Waals surface area contributed by atoms with Gasteiger partial charge in [0.05, 0.1) is 0 Å². The van der Waals surface area contributed by atoms with Crippen LogP contribution in [0, 0.1) is 23.6 Å². The summed E-state index contributed by atoms with van der Waals surface area (Å²) in [5, 5.41) is 0. The van der Waals surface area contributed by atoms with Crippen molar-refractivity contribution >= 4 is 11.7 Å². The van der Waals surface area contributed by atoms with Crippen LogP contribution in [0.5, 0.6) is 0 Å². The summed E-state index contributed by atoms with van der Waals surface area (Å²) in [4.78, 5) is 26.0. The molecular formula is C23H33FN2O2. The topological polar surface area (TPSA) is 63.4 Å². The number of primary amides is 1. The molecule has 0 unspecified atom stereocenters. The van der Waals surface area contributed by atoms with Crippen molar-refractivity contribution in [3.8, 4) is 0 Å². The molecule has 1 saturated heterocycles. The third-order valence-corrected chi connectivity index (χ3v) is 6.71. The van der Waals surface area contributed by atoms with Crippen LogP contribution in [-0.4, -0.2) is 36.2 Å². The molecule has 1 aliphatic carbocycles. The molecular weight excluding hydrogens is 355 g/mol. The molecule has 1 heterocycles. The molecule has 1 aliphatic heterocycles. The number of halogens is 1. The molecule has 2 N–H and O–H groups in total. The van der Waals surface area contributed by atoms with E-state index in [-0.39, 0.29) is 23.4 Å². The highest BCUT2D eigenvalue weighted by Gasteiger charge is 2.27. The molecule has 3 rings (SSSR count). The van der Waals surface area contributed by atoms with Crippen molar-refractivity contribution in [1.29, 1.82) is 0 Å². The minimum absolute atomic E-state index is 0.0717. The summed E-state index contributed by atoms with van der Waals surface area (Å²) in [6.45, 7) is 3.07. The van der Waals surface area contributed by atoms with Crippen molar-refractivity contribution in [3.05, 3.63) is 35.6 Å². The Hall–Kier alpha value is -1.75. The Morgan fingerprint density at radius 3 is 2.07 bits per heavy atom. The number of carbonyl (C=O) groups is 2. The third-order valence-electron chi connectivity index (χ3n) is 6.71. The van der Waals surface area contributed by atoms with Gasteiger partial charge in [0, 0.05) is 17.9 Å². The Morgan fingerprint density at radius 2 is 1.50 bits per heavy atom. The van der Waals surface area contributed by atoms with Gasteiger partial charge in [-0.1, -0.05) is 25.7 Å². The largest absolute Gasteiger partial charge is 0.370 e. The van der Waals surface area contributed by atoms with Gasteiger partial charge in [0.25, 0.3) is 0 Å². The van der Waals surface area contributed by atoms with Gasteiger partial charge >= 0.3 is 0 Å². The monoisotopic (exact) mass is 388 g/mol. The lowest BCUT2D eigenvalue weighted by atomic mass is 9.78. The lowest BCUT2D eigenvalue weighted by molar-refractivity contribution is -0.118. The molecule has 1 saturated carbocycles. The number of benzene rings is 1. The second-order valence-corrected chi connectivity index (χ2v) is 8.67. The van der Waals surface area contributed by atoms with E-state index in [1.165, 1.54) is 44.2 Å². The standard InChI is InChI=1S/C23H33FN2O2/c24-21-8-6-19(7-9-21)23(28)20-12-15-26(16-13-20)14-11-18-3-1-17(2-4-18)5-10-22(25)27/h6-9,17-18,20H,1-5,10-16H2,(H2,25,27). The maximum absolute atomic E-state index is 13.0. The highest BCUT2D eigenvalue weighted by atomic mass is 19.1. The molecule has 2 fully saturated rings. The Labute approximate surface area is 167 Å². The number of ketones is 1. The van der Waals surface area contributed by atoms with Crippen molar-refractivity contribution in [2.24, 2.45) is 23.5 Å². The first kappa shape index (κ1) is 21.0. The Kier molecular flexibility index (Phi) is 7.60. The molecule has 28 heavy (non-hydrogen) atoms. The summed E-state index contributed by atoms with van der Waals surface area (Å²) >= 11 is 0. The summed E-state index contributed by atoms with van der Waals surface area (Å²) in [5.74, 6) is 1.23. The Balaban J connectivity index is 1.33. The average molecular weight is 389 g/mol. The van der Waals surface area contributed by atoms with Gasteiger partial charge in [-0.05, 0) is 81.4 Å². The first-order valence-corrected chi connectivity index (χ1v) is 10.8. The van der Waals surface area contributed by atoms with Crippen LogP contribution in [0.1, 0.15) is 68.1 Å². The SMILES string of the molecule is NC(=O)CCC1CCC(CCN2CCC(C(=O)c3ccc(F)cc3)CC2)CC1. The second kappa shape index (κ2) is 10.1. The van der Waals surface area contributed by atoms with E-state index in [9.17, 15) is 14.0 Å². The molecule has 4 nitrogen and oxygen atoms in total. The zero-order valence-electron chi connectivity index (χ0n) is 16.7. The van der Waals surface area contributed by atoms with Crippen LogP contribution in [-0.2, 0) is 4.79 Å². The van der Waals surface area contributed by atoms with Crippen molar-refractivity contribution in [2.45, 2.75) is 57.8 Å². The molecule has 2 aliphatic rings. The number of hydrogen-bond acceptors (Lipinski definition) is 3. The fraction of sp³-hybridized carbons (Fsp3) is 0.652. The molecule has 1 aromatic carbocycles. The Bertz CT molecular complexity index is 645. The smallest absolute Gasteiger partial charge is 0.217 e. The first-order chi connectivity index (χ1) is 13.5. The predicted molar refractivity (Wildman–Crippen MR) is 108 cm³/mol. The molecule has 0 atom stereocenters. The summed E-state index contributed by atoms with van der Waals surface area (Å²) in [7, 11) is 0. The van der Waals surface area contributed by atoms with E-state index in [1.807, 2.05) is 0 Å². The number of Topliss-reactive ketones (excluding diaryl/α,β-unsaturated/α-hetero) is 1. The van der Waals surface area contributed by atoms with Gasteiger partial charge in [0.15, 0.2) is 5.78 Å². The van der Waals surface area contributed by atoms with E-state index in [4.69, 9.17) is 5.73 Å². The summed E-state index contributed by atoms with van der Waals surface area (Å²) < 4.78 is 13.0. The maximum Gasteiger partial charge on any atom is 0.217 e. The van der Waals surface area contributed by atoms with E-state index in [1.54, 1.807) is 12.1 Å². The van der Waals surface area contributed by atoms with Gasteiger partial charge < -0.3 is 10.6 Å². The van der Waals surface area contributed by atoms with E-state index >= 15 is 0 Å². The third kappa shape index (κ3) is 6.13. The second-order valence-electron chi connectivity index (χ2n) is 8.67. The molecule has 1 amide bonds. The van der Waals surface area contributed by atoms with Crippen molar-refractivity contribution < 1.29 is 14.0 Å². The molecule has 0 bridgehead atoms.